The SMILES string of the molecule is CC(=O)c1c[nH]c2cccc(C(F)(F)F)c2c1=O.CC=C(C(=O)OCC)C(=O)OCC.CCOC(=O)C(=CNc1cc(C(F)(F)F)ccc1Cl)C(=O)OCC.CCOC(=O)c1c[nH]c2c(Cl)ccc(C(F)(F)F)c2c1=O.CCOC(=O)c1c[nH]c2cccc(C(F)(F)F)c2c1=O.Nc1cc(C(F)(F)F)ccc1Cl. The minimum atomic E-state index is -4.75. The minimum absolute atomic E-state index is 0.00200. The van der Waals surface area contributed by atoms with Crippen LogP contribution < -0.4 is 27.3 Å². The number of carbonyl (C=O) groups is 7. The smallest absolute Gasteiger partial charge is 0.417 e. The summed E-state index contributed by atoms with van der Waals surface area (Å²) in [4.78, 5) is 124. The van der Waals surface area contributed by atoms with Crippen LogP contribution in [0.25, 0.3) is 32.7 Å². The first-order valence-electron chi connectivity index (χ1n) is 30.7. The van der Waals surface area contributed by atoms with Gasteiger partial charge in [0, 0.05) is 35.8 Å². The Labute approximate surface area is 615 Å². The summed E-state index contributed by atoms with van der Waals surface area (Å²) in [5, 5.41) is 0.717. The number of hydrogen-bond donors (Lipinski definition) is 5. The Kier molecular flexibility index (Phi) is 34.0. The maximum Gasteiger partial charge on any atom is 0.417 e. The number of aromatic amines is 3. The summed E-state index contributed by atoms with van der Waals surface area (Å²) in [5.41, 5.74) is -4.85. The van der Waals surface area contributed by atoms with Crippen LogP contribution in [0.4, 0.5) is 77.2 Å². The molecule has 6 N–H and O–H groups in total. The molecule has 0 aliphatic rings. The number of ether oxygens (including phenoxy) is 6. The zero-order valence-electron chi connectivity index (χ0n) is 57.1. The number of nitrogens with two attached hydrogens (primary N) is 1. The summed E-state index contributed by atoms with van der Waals surface area (Å²) < 4.78 is 218. The molecule has 0 bridgehead atoms. The van der Waals surface area contributed by atoms with Gasteiger partial charge in [-0.2, -0.15) is 65.9 Å². The minimum Gasteiger partial charge on any atom is -0.462 e. The van der Waals surface area contributed by atoms with Crippen LogP contribution in [-0.2, 0) is 78.5 Å². The maximum absolute atomic E-state index is 13.0. The molecule has 0 fully saturated rings. The number of nitrogens with one attached hydrogen (secondary N) is 4. The molecule has 584 valence electrons. The van der Waals surface area contributed by atoms with Gasteiger partial charge in [-0.3, -0.25) is 19.2 Å². The van der Waals surface area contributed by atoms with Gasteiger partial charge in [-0.25, -0.2) is 28.8 Å². The number of fused-ring (bicyclic) bond motifs is 3. The number of ketones is 1. The van der Waals surface area contributed by atoms with Crippen LogP contribution >= 0.6 is 34.8 Å². The molecule has 0 spiro atoms. The third-order valence-corrected chi connectivity index (χ3v) is 14.3. The number of Topliss-reactive ketones (excluding diaryl/α,β-unsaturated/α-hetero) is 1. The van der Waals surface area contributed by atoms with Crippen LogP contribution in [0.5, 0.6) is 0 Å². The van der Waals surface area contributed by atoms with E-state index >= 15 is 0 Å². The van der Waals surface area contributed by atoms with Gasteiger partial charge >= 0.3 is 66.7 Å². The van der Waals surface area contributed by atoms with E-state index in [1.165, 1.54) is 58.0 Å². The van der Waals surface area contributed by atoms with Crippen molar-refractivity contribution in [1.82, 2.24) is 15.0 Å². The maximum atomic E-state index is 13.0. The first-order valence-corrected chi connectivity index (χ1v) is 31.9. The van der Waals surface area contributed by atoms with Crippen LogP contribution in [0, 0.1) is 0 Å². The molecule has 8 aromatic rings. The number of halogens is 18. The lowest BCUT2D eigenvalue weighted by Crippen LogP contribution is -2.21. The number of alkyl halides is 15. The number of pyridine rings is 3. The van der Waals surface area contributed by atoms with Gasteiger partial charge in [-0.15, -0.1) is 0 Å². The summed E-state index contributed by atoms with van der Waals surface area (Å²) in [7, 11) is 0. The number of carbonyl (C=O) groups excluding carboxylic acids is 7. The Morgan fingerprint density at radius 3 is 1.17 bits per heavy atom. The number of nitrogen functional groups attached to an aromatic ring is 1. The lowest BCUT2D eigenvalue weighted by molar-refractivity contribution is -0.148. The fourth-order valence-corrected chi connectivity index (χ4v) is 9.06. The lowest BCUT2D eigenvalue weighted by Gasteiger charge is -2.11. The van der Waals surface area contributed by atoms with Crippen LogP contribution in [0.15, 0.2) is 141 Å². The Hall–Kier alpha value is -10.9. The zero-order chi connectivity index (χ0) is 82.1. The van der Waals surface area contributed by atoms with Crippen LogP contribution in [0.2, 0.25) is 15.1 Å². The number of hydrogen-bond acceptors (Lipinski definition) is 18. The van der Waals surface area contributed by atoms with Gasteiger partial charge in [-0.1, -0.05) is 53.0 Å². The van der Waals surface area contributed by atoms with Crippen LogP contribution in [0.3, 0.4) is 0 Å². The Bertz CT molecular complexity index is 4800. The number of H-pyrrole nitrogens is 3. The van der Waals surface area contributed by atoms with Crippen molar-refractivity contribution in [3.63, 3.8) is 0 Å². The van der Waals surface area contributed by atoms with E-state index in [4.69, 9.17) is 50.0 Å². The van der Waals surface area contributed by atoms with Crippen LogP contribution in [0.1, 0.15) is 114 Å². The van der Waals surface area contributed by atoms with Crippen molar-refractivity contribution >= 4 is 120 Å². The van der Waals surface area contributed by atoms with Gasteiger partial charge in [0.1, 0.15) is 16.7 Å². The molecular weight excluding hydrogens is 1550 g/mol. The molecule has 0 atom stereocenters. The van der Waals surface area contributed by atoms with Crippen LogP contribution in [-0.4, -0.2) is 96.2 Å². The lowest BCUT2D eigenvalue weighted by atomic mass is 10.0. The monoisotopic (exact) mass is 1610 g/mol. The molecule has 8 rings (SSSR count). The molecule has 108 heavy (non-hydrogen) atoms. The van der Waals surface area contributed by atoms with E-state index in [0.29, 0.717) is 6.07 Å². The summed E-state index contributed by atoms with van der Waals surface area (Å²) in [6.45, 7) is 12.7. The molecule has 39 heteroatoms. The molecule has 0 unspecified atom stereocenters. The number of esters is 6. The molecular formula is C69H61Cl3F15N5O16. The van der Waals surface area contributed by atoms with Gasteiger partial charge in [0.25, 0.3) is 0 Å². The first kappa shape index (κ1) is 91.3. The third kappa shape index (κ3) is 25.4. The van der Waals surface area contributed by atoms with Crippen molar-refractivity contribution in [3.8, 4) is 0 Å². The number of rotatable bonds is 15. The summed E-state index contributed by atoms with van der Waals surface area (Å²) >= 11 is 17.0. The fourth-order valence-electron chi connectivity index (χ4n) is 8.56. The van der Waals surface area contributed by atoms with Crippen molar-refractivity contribution in [2.75, 3.05) is 50.7 Å². The van der Waals surface area contributed by atoms with Gasteiger partial charge in [0.05, 0.1) is 121 Å². The molecule has 3 heterocycles. The molecule has 0 saturated heterocycles. The largest absolute Gasteiger partial charge is 0.462 e. The number of anilines is 2. The molecule has 0 aliphatic heterocycles. The average molecular weight is 1610 g/mol. The van der Waals surface area contributed by atoms with Gasteiger partial charge in [0.15, 0.2) is 11.4 Å². The molecule has 0 amide bonds. The molecule has 0 radical (unpaired) electrons. The van der Waals surface area contributed by atoms with Gasteiger partial charge < -0.3 is 54.4 Å². The highest BCUT2D eigenvalue weighted by atomic mass is 35.5. The van der Waals surface area contributed by atoms with Crippen molar-refractivity contribution in [3.05, 3.63) is 217 Å². The van der Waals surface area contributed by atoms with E-state index in [-0.39, 0.29) is 93.8 Å². The second-order valence-corrected chi connectivity index (χ2v) is 21.8. The van der Waals surface area contributed by atoms with E-state index < -0.39 is 149 Å². The predicted molar refractivity (Wildman–Crippen MR) is 365 cm³/mol. The van der Waals surface area contributed by atoms with E-state index in [0.717, 1.165) is 86.3 Å². The number of allylic oxidation sites excluding steroid dienone is 1. The Morgan fingerprint density at radius 1 is 0.435 bits per heavy atom. The highest BCUT2D eigenvalue weighted by Crippen LogP contribution is 2.38. The number of aromatic nitrogens is 3. The van der Waals surface area contributed by atoms with E-state index in [2.05, 4.69) is 39.2 Å². The third-order valence-electron chi connectivity index (χ3n) is 13.3. The molecule has 0 saturated carbocycles. The fraction of sp³-hybridized carbons (Fsp3) is 0.275. The van der Waals surface area contributed by atoms with E-state index in [1.54, 1.807) is 20.8 Å². The van der Waals surface area contributed by atoms with Gasteiger partial charge in [0.2, 0.25) is 16.3 Å². The topological polar surface area (TPSA) is 311 Å². The molecule has 3 aromatic heterocycles. The molecule has 5 aromatic carbocycles. The Morgan fingerprint density at radius 2 is 0.787 bits per heavy atom. The zero-order valence-corrected chi connectivity index (χ0v) is 59.4. The van der Waals surface area contributed by atoms with Crippen molar-refractivity contribution in [2.24, 2.45) is 0 Å². The normalized spacial score (nSPS) is 11.1. The second kappa shape index (κ2) is 40.2. The quantitative estimate of drug-likeness (QED) is 0.00931. The van der Waals surface area contributed by atoms with Crippen molar-refractivity contribution in [1.29, 1.82) is 0 Å². The Balaban J connectivity index is 0.000000341. The highest BCUT2D eigenvalue weighted by Gasteiger charge is 2.38. The predicted octanol–water partition coefficient (Wildman–Crippen LogP) is 16.6. The van der Waals surface area contributed by atoms with Crippen molar-refractivity contribution in [2.45, 2.75) is 86.3 Å². The highest BCUT2D eigenvalue weighted by molar-refractivity contribution is 6.35. The summed E-state index contributed by atoms with van der Waals surface area (Å²) in [6.07, 6.45) is -17.5. The summed E-state index contributed by atoms with van der Waals surface area (Å²) in [6, 6.07) is 13.9. The standard InChI is InChI=1S/C15H15ClF3NO4.C13H9ClF3NO3.C13H10F3NO3.C12H8F3NO2.C9H14O4.C7H5ClF3N/c1-3-23-13(21)10(14(22)24-4-2)8-20-12-7-9(15(17,18)19)5-6-11(12)16;1-2-21-12(20)6-5-18-10-8(14)4-3-7(13(15,16)17)9(10)11(6)19;1-2-20-12(19)7-6-17-9-5-3-4-8(13(14,15)16)10(9)11(7)18;1-6(17)7-5-16-9-4-2-3-8(12(13,14)15)10(9)11(7)18;1-4-7(8(10)12-5-2)9(11)13-6-3;8-5-2-1-4(3-6(5)12)7(9,10)11/h5-8,20H,3-4H2,1-2H3;3-5H,2H2,1H3,(H,18,19);3-6H,2H2,1H3,(H,17,18);2-5H,1H3,(H,16,18);4H,5-6H2,1-3H3;1-3H,12H2. The number of benzene rings is 5. The molecule has 0 aliphatic carbocycles. The summed E-state index contributed by atoms with van der Waals surface area (Å²) in [5.74, 6) is -5.72. The first-order chi connectivity index (χ1) is 50.2. The average Bonchev–Trinajstić information content (AvgIpc) is 0.771. The van der Waals surface area contributed by atoms with E-state index in [9.17, 15) is 114 Å². The van der Waals surface area contributed by atoms with E-state index in [1.807, 2.05) is 0 Å². The second-order valence-electron chi connectivity index (χ2n) is 20.6. The van der Waals surface area contributed by atoms with Gasteiger partial charge in [-0.05, 0) is 128 Å². The van der Waals surface area contributed by atoms with Crippen molar-refractivity contribution < 1.29 is 128 Å². The molecule has 21 nitrogen and oxygen atoms in total.